The lowest BCUT2D eigenvalue weighted by Gasteiger charge is -2.09. The van der Waals surface area contributed by atoms with Crippen molar-refractivity contribution < 1.29 is 5.03 Å². The van der Waals surface area contributed by atoms with Gasteiger partial charge >= 0.3 is 0 Å². The number of nitro groups is 1. The molecule has 0 saturated heterocycles. The summed E-state index contributed by atoms with van der Waals surface area (Å²) in [4.78, 5) is 10.3. The molecule has 0 unspecified atom stereocenters. The van der Waals surface area contributed by atoms with E-state index in [1.165, 1.54) is 0 Å². The lowest BCUT2D eigenvalue weighted by Crippen LogP contribution is -2.35. The van der Waals surface area contributed by atoms with Gasteiger partial charge in [0.25, 0.3) is 0 Å². The number of aryl methyl sites for hydroxylation is 1. The van der Waals surface area contributed by atoms with Crippen LogP contribution in [0.2, 0.25) is 0 Å². The molecule has 0 aliphatic carbocycles. The van der Waals surface area contributed by atoms with E-state index in [0.29, 0.717) is 6.54 Å². The number of rotatable bonds is 4. The maximum absolute atomic E-state index is 10.3. The van der Waals surface area contributed by atoms with Crippen LogP contribution in [0.4, 0.5) is 0 Å². The van der Waals surface area contributed by atoms with E-state index in [4.69, 9.17) is 0 Å². The summed E-state index contributed by atoms with van der Waals surface area (Å²) in [6.45, 7) is 4.23. The van der Waals surface area contributed by atoms with E-state index in [2.05, 4.69) is 10.5 Å². The zero-order valence-corrected chi connectivity index (χ0v) is 9.75. The van der Waals surface area contributed by atoms with Crippen LogP contribution >= 0.6 is 0 Å². The van der Waals surface area contributed by atoms with Gasteiger partial charge in [-0.3, -0.25) is 4.68 Å². The van der Waals surface area contributed by atoms with E-state index in [0.717, 1.165) is 16.5 Å². The molecule has 0 saturated carbocycles. The van der Waals surface area contributed by atoms with E-state index < -0.39 is 5.03 Å². The highest BCUT2D eigenvalue weighted by Crippen LogP contribution is 2.15. The minimum Gasteiger partial charge on any atom is -0.263 e. The van der Waals surface area contributed by atoms with Crippen LogP contribution in [-0.4, -0.2) is 20.9 Å². The van der Waals surface area contributed by atoms with Gasteiger partial charge in [0.2, 0.25) is 0 Å². The SMILES string of the molecule is Cc1ccc2cnn(C[C@H](C)N[N+](=O)[O-])c2c1. The van der Waals surface area contributed by atoms with Crippen LogP contribution in [0, 0.1) is 17.0 Å². The molecule has 1 atom stereocenters. The predicted octanol–water partition coefficient (Wildman–Crippen LogP) is 1.51. The van der Waals surface area contributed by atoms with Gasteiger partial charge in [-0.1, -0.05) is 12.1 Å². The monoisotopic (exact) mass is 234 g/mol. The second kappa shape index (κ2) is 4.40. The van der Waals surface area contributed by atoms with Gasteiger partial charge in [0.15, 0.2) is 5.03 Å². The van der Waals surface area contributed by atoms with Crippen molar-refractivity contribution in [2.45, 2.75) is 26.4 Å². The van der Waals surface area contributed by atoms with Crippen LogP contribution in [0.15, 0.2) is 24.4 Å². The summed E-state index contributed by atoms with van der Waals surface area (Å²) in [5.74, 6) is 0. The maximum atomic E-state index is 10.3. The fraction of sp³-hybridized carbons (Fsp3) is 0.364. The van der Waals surface area contributed by atoms with Crippen molar-refractivity contribution in [3.8, 4) is 0 Å². The lowest BCUT2D eigenvalue weighted by molar-refractivity contribution is -0.550. The third-order valence-electron chi connectivity index (χ3n) is 2.57. The highest BCUT2D eigenvalue weighted by Gasteiger charge is 2.10. The molecule has 90 valence electrons. The van der Waals surface area contributed by atoms with E-state index >= 15 is 0 Å². The van der Waals surface area contributed by atoms with Gasteiger partial charge in [0.05, 0.1) is 18.3 Å². The number of hydrogen-bond donors (Lipinski definition) is 1. The largest absolute Gasteiger partial charge is 0.263 e. The Labute approximate surface area is 98.4 Å². The molecule has 6 nitrogen and oxygen atoms in total. The third kappa shape index (κ3) is 2.52. The first-order valence-electron chi connectivity index (χ1n) is 5.39. The van der Waals surface area contributed by atoms with Gasteiger partial charge in [-0.05, 0) is 25.5 Å². The summed E-state index contributed by atoms with van der Waals surface area (Å²) in [6.07, 6.45) is 1.77. The summed E-state index contributed by atoms with van der Waals surface area (Å²) in [7, 11) is 0. The molecular weight excluding hydrogens is 220 g/mol. The zero-order valence-electron chi connectivity index (χ0n) is 9.75. The summed E-state index contributed by atoms with van der Waals surface area (Å²) in [5, 5.41) is 15.1. The standard InChI is InChI=1S/C11H14N4O2/c1-8-3-4-10-6-12-14(11(10)5-8)7-9(2)13-15(16)17/h3-6,9,13H,7H2,1-2H3/t9-/m0/s1. The smallest absolute Gasteiger partial charge is 0.157 e. The molecule has 0 aliphatic rings. The molecule has 0 aliphatic heterocycles. The van der Waals surface area contributed by atoms with Crippen molar-refractivity contribution in [2.24, 2.45) is 0 Å². The Balaban J connectivity index is 2.24. The topological polar surface area (TPSA) is 73.0 Å². The van der Waals surface area contributed by atoms with Crippen LogP contribution in [0.1, 0.15) is 12.5 Å². The minimum absolute atomic E-state index is 0.270. The van der Waals surface area contributed by atoms with Crippen molar-refractivity contribution >= 4 is 10.9 Å². The average molecular weight is 234 g/mol. The van der Waals surface area contributed by atoms with Crippen LogP contribution in [-0.2, 0) is 6.54 Å². The molecule has 0 spiro atoms. The quantitative estimate of drug-likeness (QED) is 0.643. The van der Waals surface area contributed by atoms with Gasteiger partial charge in [-0.15, -0.1) is 5.43 Å². The highest BCUT2D eigenvalue weighted by atomic mass is 16.7. The van der Waals surface area contributed by atoms with Crippen LogP contribution < -0.4 is 5.43 Å². The summed E-state index contributed by atoms with van der Waals surface area (Å²) in [6, 6.07) is 5.78. The average Bonchev–Trinajstić information content (AvgIpc) is 2.60. The zero-order chi connectivity index (χ0) is 12.4. The Kier molecular flexibility index (Phi) is 2.95. The molecule has 0 radical (unpaired) electrons. The highest BCUT2D eigenvalue weighted by molar-refractivity contribution is 5.79. The molecule has 0 bridgehead atoms. The van der Waals surface area contributed by atoms with Crippen LogP contribution in [0.5, 0.6) is 0 Å². The predicted molar refractivity (Wildman–Crippen MR) is 64.1 cm³/mol. The fourth-order valence-electron chi connectivity index (χ4n) is 1.81. The van der Waals surface area contributed by atoms with Gasteiger partial charge in [0, 0.05) is 5.39 Å². The van der Waals surface area contributed by atoms with Gasteiger partial charge in [-0.25, -0.2) is 10.1 Å². The maximum Gasteiger partial charge on any atom is 0.157 e. The molecule has 2 aromatic rings. The Morgan fingerprint density at radius 2 is 2.35 bits per heavy atom. The molecule has 1 aromatic carbocycles. The van der Waals surface area contributed by atoms with Gasteiger partial charge < -0.3 is 0 Å². The van der Waals surface area contributed by atoms with Crippen LogP contribution in [0.3, 0.4) is 0 Å². The summed E-state index contributed by atoms with van der Waals surface area (Å²) in [5.41, 5.74) is 4.37. The molecule has 6 heteroatoms. The molecule has 17 heavy (non-hydrogen) atoms. The van der Waals surface area contributed by atoms with Gasteiger partial charge in [-0.2, -0.15) is 5.10 Å². The van der Waals surface area contributed by atoms with E-state index in [1.807, 2.05) is 25.1 Å². The first-order valence-corrected chi connectivity index (χ1v) is 5.39. The van der Waals surface area contributed by atoms with Gasteiger partial charge in [0.1, 0.15) is 6.04 Å². The molecule has 0 fully saturated rings. The second-order valence-corrected chi connectivity index (χ2v) is 4.18. The fourth-order valence-corrected chi connectivity index (χ4v) is 1.81. The summed E-state index contributed by atoms with van der Waals surface area (Å²) < 4.78 is 1.78. The van der Waals surface area contributed by atoms with Crippen molar-refractivity contribution in [1.29, 1.82) is 0 Å². The number of hydrazine groups is 1. The number of hydrogen-bond acceptors (Lipinski definition) is 3. The molecule has 1 heterocycles. The van der Waals surface area contributed by atoms with E-state index in [9.17, 15) is 10.1 Å². The normalized spacial score (nSPS) is 12.6. The first-order chi connectivity index (χ1) is 8.06. The molecule has 0 amide bonds. The minimum atomic E-state index is -0.526. The molecule has 2 rings (SSSR count). The number of benzene rings is 1. The second-order valence-electron chi connectivity index (χ2n) is 4.18. The summed E-state index contributed by atoms with van der Waals surface area (Å²) >= 11 is 0. The Hall–Kier alpha value is -2.11. The van der Waals surface area contributed by atoms with Crippen molar-refractivity contribution in [3.63, 3.8) is 0 Å². The van der Waals surface area contributed by atoms with Crippen molar-refractivity contribution in [1.82, 2.24) is 15.2 Å². The molecule has 1 aromatic heterocycles. The number of fused-ring (bicyclic) bond motifs is 1. The van der Waals surface area contributed by atoms with Crippen molar-refractivity contribution in [2.75, 3.05) is 0 Å². The Morgan fingerprint density at radius 1 is 1.59 bits per heavy atom. The molecule has 1 N–H and O–H groups in total. The van der Waals surface area contributed by atoms with Crippen molar-refractivity contribution in [3.05, 3.63) is 40.1 Å². The van der Waals surface area contributed by atoms with E-state index in [-0.39, 0.29) is 6.04 Å². The number of aromatic nitrogens is 2. The lowest BCUT2D eigenvalue weighted by atomic mass is 10.2. The third-order valence-corrected chi connectivity index (χ3v) is 2.57. The first kappa shape index (κ1) is 11.4. The Morgan fingerprint density at radius 3 is 3.06 bits per heavy atom. The number of nitrogens with one attached hydrogen (secondary N) is 1. The van der Waals surface area contributed by atoms with Crippen LogP contribution in [0.25, 0.3) is 10.9 Å². The van der Waals surface area contributed by atoms with E-state index in [1.54, 1.807) is 17.8 Å². The number of nitrogens with zero attached hydrogens (tertiary/aromatic N) is 3. The molecular formula is C11H14N4O2. The Bertz CT molecular complexity index is 549.